The Hall–Kier alpha value is -2.91. The van der Waals surface area contributed by atoms with Gasteiger partial charge in [0, 0.05) is 13.1 Å². The van der Waals surface area contributed by atoms with Gasteiger partial charge in [-0.3, -0.25) is 0 Å². The summed E-state index contributed by atoms with van der Waals surface area (Å²) < 4.78 is 5.21. The number of H-pyrrole nitrogens is 1. The minimum absolute atomic E-state index is 0.220. The normalized spacial score (nSPS) is 17.1. The molecule has 3 heterocycles. The number of rotatable bonds is 3. The van der Waals surface area contributed by atoms with E-state index >= 15 is 0 Å². The average molecular weight is 362 g/mol. The molecular weight excluding hydrogens is 340 g/mol. The van der Waals surface area contributed by atoms with Gasteiger partial charge in [0.2, 0.25) is 0 Å². The van der Waals surface area contributed by atoms with E-state index in [1.165, 1.54) is 6.33 Å². The van der Waals surface area contributed by atoms with E-state index in [0.717, 1.165) is 0 Å². The summed E-state index contributed by atoms with van der Waals surface area (Å²) >= 11 is 0. The van der Waals surface area contributed by atoms with Crippen molar-refractivity contribution in [2.45, 2.75) is 44.8 Å². The lowest BCUT2D eigenvalue weighted by atomic mass is 9.87. The van der Waals surface area contributed by atoms with Crippen LogP contribution in [0, 0.1) is 0 Å². The highest BCUT2D eigenvalue weighted by Crippen LogP contribution is 2.28. The van der Waals surface area contributed by atoms with Crippen LogP contribution in [0.15, 0.2) is 12.7 Å². The largest absolute Gasteiger partial charge is 0.480 e. The van der Waals surface area contributed by atoms with Crippen LogP contribution in [0.1, 0.15) is 33.6 Å². The fourth-order valence-corrected chi connectivity index (χ4v) is 2.97. The monoisotopic (exact) mass is 362 g/mol. The molecule has 10 nitrogen and oxygen atoms in total. The van der Waals surface area contributed by atoms with E-state index in [4.69, 9.17) is 4.74 Å². The Balaban J connectivity index is 1.74. The Kier molecular flexibility index (Phi) is 4.43. The molecule has 1 fully saturated rings. The highest BCUT2D eigenvalue weighted by Gasteiger charge is 2.44. The molecule has 1 saturated heterocycles. The van der Waals surface area contributed by atoms with E-state index < -0.39 is 23.2 Å². The highest BCUT2D eigenvalue weighted by molar-refractivity contribution is 5.86. The van der Waals surface area contributed by atoms with Gasteiger partial charge in [-0.15, -0.1) is 0 Å². The Morgan fingerprint density at radius 3 is 2.58 bits per heavy atom. The molecule has 1 aliphatic rings. The first kappa shape index (κ1) is 17.9. The van der Waals surface area contributed by atoms with Gasteiger partial charge in [0.25, 0.3) is 0 Å². The summed E-state index contributed by atoms with van der Waals surface area (Å²) in [7, 11) is 0. The molecular formula is C16H22N6O4. The number of aromatic amines is 1. The van der Waals surface area contributed by atoms with E-state index in [1.54, 1.807) is 27.1 Å². The number of carbonyl (C=O) groups excluding carboxylic acids is 1. The Labute approximate surface area is 150 Å². The smallest absolute Gasteiger partial charge is 0.408 e. The molecule has 1 aliphatic heterocycles. The zero-order valence-electron chi connectivity index (χ0n) is 14.9. The maximum Gasteiger partial charge on any atom is 0.408 e. The number of ether oxygens (including phenoxy) is 1. The third-order valence-electron chi connectivity index (χ3n) is 4.26. The second kappa shape index (κ2) is 6.43. The van der Waals surface area contributed by atoms with Crippen LogP contribution in [0.3, 0.4) is 0 Å². The van der Waals surface area contributed by atoms with Gasteiger partial charge in [0.05, 0.1) is 6.33 Å². The first-order valence-electron chi connectivity index (χ1n) is 8.34. The topological polar surface area (TPSA) is 133 Å². The molecule has 3 rings (SSSR count). The third kappa shape index (κ3) is 3.53. The van der Waals surface area contributed by atoms with E-state index in [0.29, 0.717) is 30.1 Å². The van der Waals surface area contributed by atoms with Crippen molar-refractivity contribution in [3.8, 4) is 0 Å². The lowest BCUT2D eigenvalue weighted by molar-refractivity contribution is -0.145. The Morgan fingerprint density at radius 2 is 1.96 bits per heavy atom. The molecule has 0 aromatic carbocycles. The molecule has 0 radical (unpaired) electrons. The van der Waals surface area contributed by atoms with E-state index in [9.17, 15) is 14.7 Å². The number of aromatic nitrogens is 4. The standard InChI is InChI=1S/C16H22N6O4/c1-15(2,3)26-14(25)21-16(13(23)24)4-6-22(7-5-16)12-10-11(18-8-17-10)19-9-20-12/h8-9H,4-7H2,1-3H3,(H,21,25)(H,23,24)(H,17,18,19,20). The van der Waals surface area contributed by atoms with Gasteiger partial charge in [-0.2, -0.15) is 0 Å². The quantitative estimate of drug-likeness (QED) is 0.744. The van der Waals surface area contributed by atoms with Gasteiger partial charge in [-0.05, 0) is 33.6 Å². The predicted molar refractivity (Wildman–Crippen MR) is 92.9 cm³/mol. The number of piperidine rings is 1. The molecule has 1 amide bonds. The number of carboxylic acid groups (broad SMARTS) is 1. The number of hydrogen-bond donors (Lipinski definition) is 3. The molecule has 2 aromatic heterocycles. The van der Waals surface area contributed by atoms with Crippen molar-refractivity contribution >= 4 is 29.0 Å². The molecule has 10 heteroatoms. The van der Waals surface area contributed by atoms with Crippen LogP contribution < -0.4 is 10.2 Å². The number of anilines is 1. The van der Waals surface area contributed by atoms with Gasteiger partial charge in [0.15, 0.2) is 11.5 Å². The third-order valence-corrected chi connectivity index (χ3v) is 4.26. The molecule has 140 valence electrons. The lowest BCUT2D eigenvalue weighted by Crippen LogP contribution is -2.60. The predicted octanol–water partition coefficient (Wildman–Crippen LogP) is 1.30. The van der Waals surface area contributed by atoms with Crippen LogP contribution in [0.4, 0.5) is 10.6 Å². The van der Waals surface area contributed by atoms with Gasteiger partial charge < -0.3 is 25.0 Å². The molecule has 0 atom stereocenters. The van der Waals surface area contributed by atoms with Crippen molar-refractivity contribution in [3.63, 3.8) is 0 Å². The SMILES string of the molecule is CC(C)(C)OC(=O)NC1(C(=O)O)CCN(c2ncnc3[nH]cnc23)CC1. The number of aliphatic carboxylic acids is 1. The lowest BCUT2D eigenvalue weighted by Gasteiger charge is -2.39. The molecule has 3 N–H and O–H groups in total. The first-order chi connectivity index (χ1) is 12.2. The number of fused-ring (bicyclic) bond motifs is 1. The summed E-state index contributed by atoms with van der Waals surface area (Å²) in [6.07, 6.45) is 2.69. The summed E-state index contributed by atoms with van der Waals surface area (Å²) in [4.78, 5) is 41.4. The van der Waals surface area contributed by atoms with Crippen molar-refractivity contribution in [2.75, 3.05) is 18.0 Å². The highest BCUT2D eigenvalue weighted by atomic mass is 16.6. The van der Waals surface area contributed by atoms with Crippen molar-refractivity contribution in [2.24, 2.45) is 0 Å². The molecule has 0 spiro atoms. The van der Waals surface area contributed by atoms with Crippen LogP contribution in [0.2, 0.25) is 0 Å². The number of hydrogen-bond acceptors (Lipinski definition) is 7. The summed E-state index contributed by atoms with van der Waals surface area (Å²) in [5.41, 5.74) is -0.805. The van der Waals surface area contributed by atoms with Crippen LogP contribution >= 0.6 is 0 Å². The van der Waals surface area contributed by atoms with Gasteiger partial charge in [0.1, 0.15) is 23.0 Å². The number of nitrogens with one attached hydrogen (secondary N) is 2. The maximum absolute atomic E-state index is 12.1. The maximum atomic E-state index is 12.1. The second-order valence-corrected chi connectivity index (χ2v) is 7.30. The number of carbonyl (C=O) groups is 2. The van der Waals surface area contributed by atoms with Crippen LogP contribution in [-0.2, 0) is 9.53 Å². The van der Waals surface area contributed by atoms with E-state index in [-0.39, 0.29) is 12.8 Å². The van der Waals surface area contributed by atoms with Crippen molar-refractivity contribution < 1.29 is 19.4 Å². The molecule has 0 saturated carbocycles. The van der Waals surface area contributed by atoms with E-state index in [1.807, 2.05) is 4.90 Å². The van der Waals surface area contributed by atoms with Crippen LogP contribution in [0.5, 0.6) is 0 Å². The van der Waals surface area contributed by atoms with Crippen molar-refractivity contribution in [3.05, 3.63) is 12.7 Å². The molecule has 0 bridgehead atoms. The number of nitrogens with zero attached hydrogens (tertiary/aromatic N) is 4. The van der Waals surface area contributed by atoms with Gasteiger partial charge in [-0.25, -0.2) is 24.5 Å². The number of imidazole rings is 1. The van der Waals surface area contributed by atoms with Crippen LogP contribution in [-0.4, -0.2) is 61.3 Å². The summed E-state index contributed by atoms with van der Waals surface area (Å²) in [6.45, 7) is 5.99. The molecule has 0 aliphatic carbocycles. The zero-order chi connectivity index (χ0) is 18.9. The van der Waals surface area contributed by atoms with Crippen molar-refractivity contribution in [1.29, 1.82) is 0 Å². The number of alkyl carbamates (subject to hydrolysis) is 1. The molecule has 26 heavy (non-hydrogen) atoms. The van der Waals surface area contributed by atoms with Gasteiger partial charge in [-0.1, -0.05) is 0 Å². The summed E-state index contributed by atoms with van der Waals surface area (Å²) in [5.74, 6) is -0.428. The average Bonchev–Trinajstić information content (AvgIpc) is 3.02. The minimum Gasteiger partial charge on any atom is -0.480 e. The van der Waals surface area contributed by atoms with Gasteiger partial charge >= 0.3 is 12.1 Å². The number of carboxylic acids is 1. The fraction of sp³-hybridized carbons (Fsp3) is 0.562. The Bertz CT molecular complexity index is 819. The molecule has 0 unspecified atom stereocenters. The van der Waals surface area contributed by atoms with Crippen molar-refractivity contribution in [1.82, 2.24) is 25.3 Å². The first-order valence-corrected chi connectivity index (χ1v) is 8.34. The second-order valence-electron chi connectivity index (χ2n) is 7.30. The van der Waals surface area contributed by atoms with E-state index in [2.05, 4.69) is 25.3 Å². The summed E-state index contributed by atoms with van der Waals surface area (Å²) in [6, 6.07) is 0. The minimum atomic E-state index is -1.36. The molecule has 2 aromatic rings. The fourth-order valence-electron chi connectivity index (χ4n) is 2.97. The summed E-state index contributed by atoms with van der Waals surface area (Å²) in [5, 5.41) is 12.3. The number of amides is 1. The Morgan fingerprint density at radius 1 is 1.27 bits per heavy atom. The van der Waals surface area contributed by atoms with Crippen LogP contribution in [0.25, 0.3) is 11.2 Å². The zero-order valence-corrected chi connectivity index (χ0v) is 14.9.